The van der Waals surface area contributed by atoms with Crippen LogP contribution in [0.25, 0.3) is 0 Å². The van der Waals surface area contributed by atoms with E-state index in [9.17, 15) is 9.59 Å². The summed E-state index contributed by atoms with van der Waals surface area (Å²) in [5.74, 6) is 0.332. The highest BCUT2D eigenvalue weighted by molar-refractivity contribution is 5.88. The maximum absolute atomic E-state index is 12.4. The molecule has 4 nitrogen and oxygen atoms in total. The Hall–Kier alpha value is -2.62. The number of rotatable bonds is 4. The minimum Gasteiger partial charge on any atom is -0.349 e. The zero-order valence-electron chi connectivity index (χ0n) is 14.0. The number of hydrogen-bond acceptors (Lipinski definition) is 2. The van der Waals surface area contributed by atoms with E-state index >= 15 is 0 Å². The van der Waals surface area contributed by atoms with Crippen LogP contribution in [0.4, 0.5) is 5.69 Å². The predicted octanol–water partition coefficient (Wildman–Crippen LogP) is 3.24. The number of carbonyl (C=O) groups is 2. The average molecular weight is 322 g/mol. The van der Waals surface area contributed by atoms with Crippen molar-refractivity contribution in [2.75, 3.05) is 5.32 Å². The van der Waals surface area contributed by atoms with E-state index in [2.05, 4.69) is 29.7 Å². The van der Waals surface area contributed by atoms with Gasteiger partial charge >= 0.3 is 0 Å². The second-order valence-corrected chi connectivity index (χ2v) is 6.48. The van der Waals surface area contributed by atoms with E-state index in [4.69, 9.17) is 0 Å². The van der Waals surface area contributed by atoms with Crippen molar-refractivity contribution in [3.63, 3.8) is 0 Å². The standard InChI is InChI=1S/C20H22N2O2/c1-13-11-16-5-3-4-6-18(16)20(13)22-19(24)12-15-7-9-17(10-8-15)21-14(2)23/h3-10,13,20H,11-12H2,1-2H3,(H,21,23)(H,22,24)/t13-,20+/m0/s1. The number of carbonyl (C=O) groups excluding carboxylic acids is 2. The molecular formula is C20H22N2O2. The van der Waals surface area contributed by atoms with E-state index in [1.54, 1.807) is 0 Å². The number of anilines is 1. The first-order valence-corrected chi connectivity index (χ1v) is 8.26. The molecule has 0 radical (unpaired) electrons. The summed E-state index contributed by atoms with van der Waals surface area (Å²) < 4.78 is 0. The lowest BCUT2D eigenvalue weighted by atomic mass is 10.0. The number of amides is 2. The molecule has 2 atom stereocenters. The zero-order chi connectivity index (χ0) is 17.1. The molecule has 0 bridgehead atoms. The Balaban J connectivity index is 1.63. The number of benzene rings is 2. The van der Waals surface area contributed by atoms with Crippen molar-refractivity contribution >= 4 is 17.5 Å². The lowest BCUT2D eigenvalue weighted by Gasteiger charge is -2.19. The normalized spacial score (nSPS) is 18.8. The fraction of sp³-hybridized carbons (Fsp3) is 0.300. The van der Waals surface area contributed by atoms with Gasteiger partial charge in [-0.3, -0.25) is 9.59 Å². The Morgan fingerprint density at radius 3 is 2.50 bits per heavy atom. The lowest BCUT2D eigenvalue weighted by Crippen LogP contribution is -2.31. The van der Waals surface area contributed by atoms with Gasteiger partial charge in [0.05, 0.1) is 12.5 Å². The van der Waals surface area contributed by atoms with Gasteiger partial charge in [0, 0.05) is 12.6 Å². The quantitative estimate of drug-likeness (QED) is 0.908. The van der Waals surface area contributed by atoms with Crippen LogP contribution in [0, 0.1) is 5.92 Å². The van der Waals surface area contributed by atoms with Gasteiger partial charge in [-0.05, 0) is 41.2 Å². The topological polar surface area (TPSA) is 58.2 Å². The van der Waals surface area contributed by atoms with Gasteiger partial charge in [0.15, 0.2) is 0 Å². The van der Waals surface area contributed by atoms with E-state index in [0.29, 0.717) is 12.3 Å². The second kappa shape index (κ2) is 6.87. The Kier molecular flexibility index (Phi) is 4.65. The van der Waals surface area contributed by atoms with Crippen LogP contribution in [0.5, 0.6) is 0 Å². The van der Waals surface area contributed by atoms with Crippen LogP contribution >= 0.6 is 0 Å². The summed E-state index contributed by atoms with van der Waals surface area (Å²) in [6, 6.07) is 15.8. The van der Waals surface area contributed by atoms with Crippen LogP contribution < -0.4 is 10.6 Å². The monoisotopic (exact) mass is 322 g/mol. The van der Waals surface area contributed by atoms with Crippen molar-refractivity contribution in [3.8, 4) is 0 Å². The minimum atomic E-state index is -0.102. The maximum atomic E-state index is 12.4. The Morgan fingerprint density at radius 2 is 1.79 bits per heavy atom. The highest BCUT2D eigenvalue weighted by Crippen LogP contribution is 2.35. The number of fused-ring (bicyclic) bond motifs is 1. The molecule has 2 amide bonds. The van der Waals surface area contributed by atoms with Gasteiger partial charge in [-0.25, -0.2) is 0 Å². The molecule has 124 valence electrons. The predicted molar refractivity (Wildman–Crippen MR) is 94.6 cm³/mol. The Bertz CT molecular complexity index is 752. The SMILES string of the molecule is CC(=O)Nc1ccc(CC(=O)N[C@H]2c3ccccc3C[C@@H]2C)cc1. The van der Waals surface area contributed by atoms with E-state index in [1.807, 2.05) is 36.4 Å². The van der Waals surface area contributed by atoms with Crippen molar-refractivity contribution in [3.05, 3.63) is 65.2 Å². The van der Waals surface area contributed by atoms with E-state index < -0.39 is 0 Å². The largest absolute Gasteiger partial charge is 0.349 e. The lowest BCUT2D eigenvalue weighted by molar-refractivity contribution is -0.121. The molecule has 0 heterocycles. The van der Waals surface area contributed by atoms with Crippen LogP contribution in [0.2, 0.25) is 0 Å². The number of hydrogen-bond donors (Lipinski definition) is 2. The molecule has 0 spiro atoms. The van der Waals surface area contributed by atoms with Gasteiger partial charge in [-0.15, -0.1) is 0 Å². The molecule has 2 aromatic carbocycles. The third-order valence-corrected chi connectivity index (χ3v) is 4.46. The summed E-state index contributed by atoms with van der Waals surface area (Å²) in [6.07, 6.45) is 1.35. The summed E-state index contributed by atoms with van der Waals surface area (Å²) in [4.78, 5) is 23.4. The molecule has 2 N–H and O–H groups in total. The van der Waals surface area contributed by atoms with Gasteiger partial charge in [0.1, 0.15) is 0 Å². The zero-order valence-corrected chi connectivity index (χ0v) is 14.0. The van der Waals surface area contributed by atoms with Crippen LogP contribution in [0.1, 0.15) is 36.6 Å². The molecule has 0 saturated heterocycles. The molecule has 0 saturated carbocycles. The van der Waals surface area contributed by atoms with Gasteiger partial charge in [0.2, 0.25) is 11.8 Å². The Labute approximate surface area is 142 Å². The summed E-state index contributed by atoms with van der Waals surface area (Å²) in [7, 11) is 0. The van der Waals surface area contributed by atoms with Gasteiger partial charge in [-0.1, -0.05) is 43.3 Å². The molecule has 1 aliphatic carbocycles. The van der Waals surface area contributed by atoms with E-state index in [0.717, 1.165) is 17.7 Å². The first kappa shape index (κ1) is 16.2. The summed E-state index contributed by atoms with van der Waals surface area (Å²) >= 11 is 0. The van der Waals surface area contributed by atoms with Gasteiger partial charge < -0.3 is 10.6 Å². The molecule has 3 rings (SSSR count). The highest BCUT2D eigenvalue weighted by atomic mass is 16.2. The fourth-order valence-corrected chi connectivity index (χ4v) is 3.33. The van der Waals surface area contributed by atoms with E-state index in [1.165, 1.54) is 18.1 Å². The van der Waals surface area contributed by atoms with E-state index in [-0.39, 0.29) is 17.9 Å². The molecule has 1 aliphatic rings. The average Bonchev–Trinajstić information content (AvgIpc) is 2.85. The van der Waals surface area contributed by atoms with Crippen molar-refractivity contribution < 1.29 is 9.59 Å². The molecule has 0 aromatic heterocycles. The smallest absolute Gasteiger partial charge is 0.224 e. The van der Waals surface area contributed by atoms with Crippen LogP contribution in [-0.2, 0) is 22.4 Å². The van der Waals surface area contributed by atoms with Crippen LogP contribution in [0.15, 0.2) is 48.5 Å². The van der Waals surface area contributed by atoms with Gasteiger partial charge in [0.25, 0.3) is 0 Å². The third-order valence-electron chi connectivity index (χ3n) is 4.46. The first-order chi connectivity index (χ1) is 11.5. The highest BCUT2D eigenvalue weighted by Gasteiger charge is 2.29. The summed E-state index contributed by atoms with van der Waals surface area (Å²) in [5, 5.41) is 5.89. The minimum absolute atomic E-state index is 0.0239. The maximum Gasteiger partial charge on any atom is 0.224 e. The van der Waals surface area contributed by atoms with Crippen LogP contribution in [-0.4, -0.2) is 11.8 Å². The molecule has 2 aromatic rings. The molecule has 0 fully saturated rings. The first-order valence-electron chi connectivity index (χ1n) is 8.26. The molecule has 0 aliphatic heterocycles. The van der Waals surface area contributed by atoms with Crippen molar-refractivity contribution in [2.24, 2.45) is 5.92 Å². The molecular weight excluding hydrogens is 300 g/mol. The fourth-order valence-electron chi connectivity index (χ4n) is 3.33. The second-order valence-electron chi connectivity index (χ2n) is 6.48. The summed E-state index contributed by atoms with van der Waals surface area (Å²) in [5.41, 5.74) is 4.24. The molecule has 4 heteroatoms. The Morgan fingerprint density at radius 1 is 1.08 bits per heavy atom. The third kappa shape index (κ3) is 3.65. The van der Waals surface area contributed by atoms with Crippen molar-refractivity contribution in [2.45, 2.75) is 32.7 Å². The van der Waals surface area contributed by atoms with Crippen molar-refractivity contribution in [1.82, 2.24) is 5.32 Å². The summed E-state index contributed by atoms with van der Waals surface area (Å²) in [6.45, 7) is 3.65. The van der Waals surface area contributed by atoms with Crippen molar-refractivity contribution in [1.29, 1.82) is 0 Å². The van der Waals surface area contributed by atoms with Gasteiger partial charge in [-0.2, -0.15) is 0 Å². The molecule has 24 heavy (non-hydrogen) atoms. The van der Waals surface area contributed by atoms with Crippen LogP contribution in [0.3, 0.4) is 0 Å². The number of nitrogens with one attached hydrogen (secondary N) is 2. The molecule has 0 unspecified atom stereocenters.